The fourth-order valence-electron chi connectivity index (χ4n) is 0.737. The zero-order chi connectivity index (χ0) is 11.2. The summed E-state index contributed by atoms with van der Waals surface area (Å²) in [5.41, 5.74) is -0.529. The minimum atomic E-state index is -1.11. The molecular formula is C9H16KNO4. The summed E-state index contributed by atoms with van der Waals surface area (Å²) in [5.74, 6) is -1.11. The molecule has 0 aliphatic heterocycles. The average molecular weight is 241 g/mol. The first-order valence-corrected chi connectivity index (χ1v) is 4.48. The number of rotatable bonds is 4. The molecule has 0 radical (unpaired) electrons. The predicted molar refractivity (Wildman–Crippen MR) is 48.5 cm³/mol. The number of aliphatic carboxylic acids is 1. The van der Waals surface area contributed by atoms with E-state index in [1.54, 1.807) is 20.8 Å². The Morgan fingerprint density at radius 3 is 2.27 bits per heavy atom. The third-order valence-electron chi connectivity index (χ3n) is 1.23. The van der Waals surface area contributed by atoms with Gasteiger partial charge in [-0.1, -0.05) is 0 Å². The number of alkyl carbamates (subject to hydrolysis) is 1. The van der Waals surface area contributed by atoms with E-state index < -0.39 is 17.7 Å². The van der Waals surface area contributed by atoms with Crippen molar-refractivity contribution in [2.75, 3.05) is 6.54 Å². The second-order valence-corrected chi connectivity index (χ2v) is 3.90. The van der Waals surface area contributed by atoms with Gasteiger partial charge in [0.15, 0.2) is 0 Å². The number of nitrogens with one attached hydrogen (secondary N) is 1. The summed E-state index contributed by atoms with van der Waals surface area (Å²) in [4.78, 5) is 21.0. The van der Waals surface area contributed by atoms with Crippen LogP contribution >= 0.6 is 0 Å². The van der Waals surface area contributed by atoms with Crippen LogP contribution in [0.5, 0.6) is 0 Å². The maximum absolute atomic E-state index is 11.0. The largest absolute Gasteiger partial charge is 1.00 e. The van der Waals surface area contributed by atoms with Gasteiger partial charge in [0.2, 0.25) is 0 Å². The maximum atomic E-state index is 11.0. The standard InChI is InChI=1S/C9H17NO4.K/c1-9(2,3)14-8(13)10-6-4-5-7(11)12;/h4-6H2,1-3H3,(H,10,13)(H,11,12);/q;+1/p-1. The molecule has 0 heterocycles. The Balaban J connectivity index is 0. The smallest absolute Gasteiger partial charge is 0.550 e. The van der Waals surface area contributed by atoms with Gasteiger partial charge in [-0.25, -0.2) is 4.79 Å². The molecule has 1 amide bonds. The van der Waals surface area contributed by atoms with Crippen molar-refractivity contribution < 1.29 is 70.8 Å². The van der Waals surface area contributed by atoms with Gasteiger partial charge in [-0.05, 0) is 33.6 Å². The van der Waals surface area contributed by atoms with Gasteiger partial charge in [0, 0.05) is 12.5 Å². The van der Waals surface area contributed by atoms with Gasteiger partial charge >= 0.3 is 57.5 Å². The molecule has 15 heavy (non-hydrogen) atoms. The zero-order valence-corrected chi connectivity index (χ0v) is 12.9. The van der Waals surface area contributed by atoms with Crippen LogP contribution in [0, 0.1) is 0 Å². The molecule has 0 aromatic rings. The normalized spacial score (nSPS) is 10.1. The summed E-state index contributed by atoms with van der Waals surface area (Å²) in [7, 11) is 0. The van der Waals surface area contributed by atoms with Crippen LogP contribution < -0.4 is 61.8 Å². The van der Waals surface area contributed by atoms with Gasteiger partial charge in [0.1, 0.15) is 5.60 Å². The Bertz CT molecular complexity index is 213. The van der Waals surface area contributed by atoms with Crippen LogP contribution in [0.1, 0.15) is 33.6 Å². The molecule has 0 aliphatic rings. The number of carboxylic acid groups (broad SMARTS) is 1. The molecule has 0 spiro atoms. The third-order valence-corrected chi connectivity index (χ3v) is 1.23. The van der Waals surface area contributed by atoms with Gasteiger partial charge < -0.3 is 20.0 Å². The molecule has 0 aromatic carbocycles. The molecular weight excluding hydrogens is 225 g/mol. The fraction of sp³-hybridized carbons (Fsp3) is 0.778. The van der Waals surface area contributed by atoms with E-state index in [1.807, 2.05) is 0 Å². The van der Waals surface area contributed by atoms with Crippen LogP contribution in [0.15, 0.2) is 0 Å². The third kappa shape index (κ3) is 14.4. The number of carbonyl (C=O) groups is 2. The van der Waals surface area contributed by atoms with Crippen molar-refractivity contribution in [1.29, 1.82) is 0 Å². The summed E-state index contributed by atoms with van der Waals surface area (Å²) in [5, 5.41) is 12.5. The number of amides is 1. The van der Waals surface area contributed by atoms with Crippen LogP contribution in [-0.2, 0) is 9.53 Å². The first kappa shape index (κ1) is 17.8. The first-order valence-electron chi connectivity index (χ1n) is 4.48. The molecule has 5 nitrogen and oxygen atoms in total. The van der Waals surface area contributed by atoms with Crippen LogP contribution in [0.25, 0.3) is 0 Å². The van der Waals surface area contributed by atoms with E-state index in [4.69, 9.17) is 4.74 Å². The summed E-state index contributed by atoms with van der Waals surface area (Å²) >= 11 is 0. The van der Waals surface area contributed by atoms with Crippen LogP contribution in [0.3, 0.4) is 0 Å². The minimum absolute atomic E-state index is 0. The van der Waals surface area contributed by atoms with Gasteiger partial charge in [0.05, 0.1) is 0 Å². The van der Waals surface area contributed by atoms with Crippen molar-refractivity contribution in [3.63, 3.8) is 0 Å². The number of carboxylic acids is 1. The number of carbonyl (C=O) groups excluding carboxylic acids is 2. The van der Waals surface area contributed by atoms with Gasteiger partial charge in [-0.3, -0.25) is 0 Å². The Kier molecular flexibility index (Phi) is 10.1. The van der Waals surface area contributed by atoms with Crippen molar-refractivity contribution in [3.05, 3.63) is 0 Å². The molecule has 0 saturated heterocycles. The molecule has 0 aliphatic carbocycles. The van der Waals surface area contributed by atoms with Crippen LogP contribution in [0.2, 0.25) is 0 Å². The van der Waals surface area contributed by atoms with Crippen LogP contribution in [-0.4, -0.2) is 24.2 Å². The Labute approximate surface area is 132 Å². The van der Waals surface area contributed by atoms with E-state index in [0.717, 1.165) is 0 Å². The second-order valence-electron chi connectivity index (χ2n) is 3.90. The molecule has 1 N–H and O–H groups in total. The molecule has 0 saturated carbocycles. The van der Waals surface area contributed by atoms with Crippen molar-refractivity contribution in [2.24, 2.45) is 0 Å². The molecule has 82 valence electrons. The molecule has 0 fully saturated rings. The number of hydrogen-bond donors (Lipinski definition) is 1. The predicted octanol–water partition coefficient (Wildman–Crippen LogP) is -2.95. The summed E-state index contributed by atoms with van der Waals surface area (Å²) in [6.07, 6.45) is -0.243. The van der Waals surface area contributed by atoms with E-state index in [2.05, 4.69) is 5.32 Å². The molecule has 6 heteroatoms. The number of ether oxygens (including phenoxy) is 1. The van der Waals surface area contributed by atoms with Crippen molar-refractivity contribution in [2.45, 2.75) is 39.2 Å². The van der Waals surface area contributed by atoms with E-state index in [9.17, 15) is 14.7 Å². The maximum Gasteiger partial charge on any atom is 1.00 e. The molecule has 0 atom stereocenters. The van der Waals surface area contributed by atoms with Crippen molar-refractivity contribution in [1.82, 2.24) is 5.32 Å². The summed E-state index contributed by atoms with van der Waals surface area (Å²) < 4.78 is 4.93. The van der Waals surface area contributed by atoms with E-state index in [1.165, 1.54) is 0 Å². The van der Waals surface area contributed by atoms with Crippen molar-refractivity contribution >= 4 is 12.1 Å². The van der Waals surface area contributed by atoms with Crippen molar-refractivity contribution in [3.8, 4) is 0 Å². The summed E-state index contributed by atoms with van der Waals surface area (Å²) in [6, 6.07) is 0. The Hall–Kier alpha value is 0.376. The van der Waals surface area contributed by atoms with Gasteiger partial charge in [-0.2, -0.15) is 0 Å². The average Bonchev–Trinajstić information content (AvgIpc) is 1.94. The quantitative estimate of drug-likeness (QED) is 0.421. The molecule has 0 bridgehead atoms. The molecule has 0 unspecified atom stereocenters. The second kappa shape index (κ2) is 8.52. The monoisotopic (exact) mass is 241 g/mol. The SMILES string of the molecule is CC(C)(C)OC(=O)NCCCC(=O)[O-].[K+]. The first-order chi connectivity index (χ1) is 6.31. The zero-order valence-electron chi connectivity index (χ0n) is 9.75. The fourth-order valence-corrected chi connectivity index (χ4v) is 0.737. The molecule has 0 rings (SSSR count). The summed E-state index contributed by atoms with van der Waals surface area (Å²) in [6.45, 7) is 5.55. The number of hydrogen-bond acceptors (Lipinski definition) is 4. The Morgan fingerprint density at radius 1 is 1.33 bits per heavy atom. The van der Waals surface area contributed by atoms with Gasteiger partial charge in [0.25, 0.3) is 0 Å². The topological polar surface area (TPSA) is 78.5 Å². The molecule has 0 aromatic heterocycles. The van der Waals surface area contributed by atoms with E-state index >= 15 is 0 Å². The van der Waals surface area contributed by atoms with E-state index in [-0.39, 0.29) is 64.4 Å². The van der Waals surface area contributed by atoms with E-state index in [0.29, 0.717) is 6.42 Å². The van der Waals surface area contributed by atoms with Crippen LogP contribution in [0.4, 0.5) is 4.79 Å². The minimum Gasteiger partial charge on any atom is -0.550 e. The Morgan fingerprint density at radius 2 is 1.87 bits per heavy atom. The van der Waals surface area contributed by atoms with Gasteiger partial charge in [-0.15, -0.1) is 0 Å².